The first-order chi connectivity index (χ1) is 12.1. The van der Waals surface area contributed by atoms with Gasteiger partial charge in [0.1, 0.15) is 5.75 Å². The van der Waals surface area contributed by atoms with Gasteiger partial charge in [-0.2, -0.15) is 0 Å². The third-order valence-electron chi connectivity index (χ3n) is 3.51. The summed E-state index contributed by atoms with van der Waals surface area (Å²) >= 11 is 1.51. The van der Waals surface area contributed by atoms with E-state index in [1.54, 1.807) is 24.5 Å². The van der Waals surface area contributed by atoms with E-state index in [4.69, 9.17) is 4.74 Å². The van der Waals surface area contributed by atoms with Gasteiger partial charge in [-0.3, -0.25) is 4.98 Å². The Labute approximate surface area is 150 Å². The zero-order valence-corrected chi connectivity index (χ0v) is 15.2. The largest absolute Gasteiger partial charge is 0.497 e. The van der Waals surface area contributed by atoms with Crippen LogP contribution in [0.3, 0.4) is 0 Å². The zero-order chi connectivity index (χ0) is 17.7. The number of thiazole rings is 1. The molecule has 0 amide bonds. The molecule has 3 rings (SSSR count). The normalized spacial score (nSPS) is 11.4. The Bertz CT molecular complexity index is 923. The Morgan fingerprint density at radius 3 is 2.68 bits per heavy atom. The molecule has 0 spiro atoms. The minimum absolute atomic E-state index is 0.212. The lowest BCUT2D eigenvalue weighted by atomic mass is 10.2. The van der Waals surface area contributed by atoms with Gasteiger partial charge in [0.15, 0.2) is 0 Å². The van der Waals surface area contributed by atoms with E-state index in [0.29, 0.717) is 12.2 Å². The second kappa shape index (κ2) is 7.73. The summed E-state index contributed by atoms with van der Waals surface area (Å²) in [7, 11) is -2.00. The third-order valence-corrected chi connectivity index (χ3v) is 5.90. The summed E-state index contributed by atoms with van der Waals surface area (Å²) in [5, 5.41) is 2.82. The van der Waals surface area contributed by atoms with Crippen LogP contribution in [0.2, 0.25) is 0 Å². The van der Waals surface area contributed by atoms with Crippen LogP contribution in [-0.2, 0) is 16.4 Å². The van der Waals surface area contributed by atoms with Crippen LogP contribution in [0.5, 0.6) is 5.75 Å². The van der Waals surface area contributed by atoms with Crippen molar-refractivity contribution in [2.75, 3.05) is 13.7 Å². The van der Waals surface area contributed by atoms with E-state index in [0.717, 1.165) is 16.3 Å². The number of hydrogen-bond acceptors (Lipinski definition) is 6. The van der Waals surface area contributed by atoms with Crippen LogP contribution in [0, 0.1) is 0 Å². The van der Waals surface area contributed by atoms with Gasteiger partial charge in [0.25, 0.3) is 0 Å². The zero-order valence-electron chi connectivity index (χ0n) is 13.5. The fourth-order valence-corrected chi connectivity index (χ4v) is 4.04. The lowest BCUT2D eigenvalue weighted by Gasteiger charge is -2.06. The molecule has 0 unspecified atom stereocenters. The monoisotopic (exact) mass is 375 g/mol. The Balaban J connectivity index is 1.59. The molecule has 3 aromatic rings. The van der Waals surface area contributed by atoms with Crippen molar-refractivity contribution in [2.24, 2.45) is 0 Å². The summed E-state index contributed by atoms with van der Waals surface area (Å²) < 4.78 is 32.2. The summed E-state index contributed by atoms with van der Waals surface area (Å²) in [6.45, 7) is 0.286. The van der Waals surface area contributed by atoms with Gasteiger partial charge >= 0.3 is 0 Å². The Hall–Kier alpha value is -2.29. The van der Waals surface area contributed by atoms with Crippen LogP contribution >= 0.6 is 11.3 Å². The molecule has 25 heavy (non-hydrogen) atoms. The van der Waals surface area contributed by atoms with Crippen molar-refractivity contribution in [3.05, 3.63) is 59.2 Å². The number of aromatic nitrogens is 2. The summed E-state index contributed by atoms with van der Waals surface area (Å²) in [6.07, 6.45) is 4.00. The van der Waals surface area contributed by atoms with Crippen LogP contribution in [0.1, 0.15) is 5.01 Å². The predicted molar refractivity (Wildman–Crippen MR) is 97.2 cm³/mol. The highest BCUT2D eigenvalue weighted by molar-refractivity contribution is 7.89. The minimum atomic E-state index is -3.54. The highest BCUT2D eigenvalue weighted by atomic mass is 32.2. The lowest BCUT2D eigenvalue weighted by Crippen LogP contribution is -2.25. The Kier molecular flexibility index (Phi) is 5.42. The van der Waals surface area contributed by atoms with Crippen LogP contribution in [-0.4, -0.2) is 32.0 Å². The summed E-state index contributed by atoms with van der Waals surface area (Å²) in [4.78, 5) is 8.81. The summed E-state index contributed by atoms with van der Waals surface area (Å²) in [5.74, 6) is 0.615. The van der Waals surface area contributed by atoms with Gasteiger partial charge in [-0.1, -0.05) is 0 Å². The average Bonchev–Trinajstić information content (AvgIpc) is 3.11. The second-order valence-corrected chi connectivity index (χ2v) is 7.90. The van der Waals surface area contributed by atoms with E-state index in [2.05, 4.69) is 14.7 Å². The number of nitrogens with one attached hydrogen (secondary N) is 1. The van der Waals surface area contributed by atoms with Crippen LogP contribution in [0.15, 0.2) is 59.1 Å². The molecular formula is C17H17N3O3S2. The first-order valence-electron chi connectivity index (χ1n) is 7.57. The highest BCUT2D eigenvalue weighted by Gasteiger charge is 2.14. The third kappa shape index (κ3) is 4.41. The van der Waals surface area contributed by atoms with Gasteiger partial charge < -0.3 is 4.74 Å². The molecule has 1 aromatic carbocycles. The van der Waals surface area contributed by atoms with Gasteiger partial charge in [0.2, 0.25) is 10.0 Å². The summed E-state index contributed by atoms with van der Waals surface area (Å²) in [6, 6.07) is 10.1. The van der Waals surface area contributed by atoms with E-state index >= 15 is 0 Å². The molecule has 0 fully saturated rings. The molecule has 0 bridgehead atoms. The SMILES string of the molecule is COc1ccc(S(=O)(=O)NCCc2nc(-c3cccnc3)cs2)cc1. The molecule has 2 aromatic heterocycles. The average molecular weight is 375 g/mol. The van der Waals surface area contributed by atoms with E-state index in [-0.39, 0.29) is 11.4 Å². The summed E-state index contributed by atoms with van der Waals surface area (Å²) in [5.41, 5.74) is 1.80. The lowest BCUT2D eigenvalue weighted by molar-refractivity contribution is 0.414. The van der Waals surface area contributed by atoms with Crippen molar-refractivity contribution < 1.29 is 13.2 Å². The number of hydrogen-bond donors (Lipinski definition) is 1. The van der Waals surface area contributed by atoms with Crippen molar-refractivity contribution in [3.63, 3.8) is 0 Å². The van der Waals surface area contributed by atoms with Gasteiger partial charge in [-0.15, -0.1) is 11.3 Å². The van der Waals surface area contributed by atoms with E-state index < -0.39 is 10.0 Å². The van der Waals surface area contributed by atoms with Gasteiger partial charge in [0, 0.05) is 36.3 Å². The van der Waals surface area contributed by atoms with Gasteiger partial charge in [-0.05, 0) is 36.4 Å². The highest BCUT2D eigenvalue weighted by Crippen LogP contribution is 2.21. The second-order valence-electron chi connectivity index (χ2n) is 5.19. The maximum Gasteiger partial charge on any atom is 0.240 e. The smallest absolute Gasteiger partial charge is 0.240 e. The number of methoxy groups -OCH3 is 1. The van der Waals surface area contributed by atoms with Crippen LogP contribution in [0.4, 0.5) is 0 Å². The molecule has 0 aliphatic carbocycles. The first kappa shape index (κ1) is 17.5. The molecule has 0 aliphatic rings. The molecule has 0 radical (unpaired) electrons. The Morgan fingerprint density at radius 1 is 1.20 bits per heavy atom. The van der Waals surface area contributed by atoms with Crippen LogP contribution in [0.25, 0.3) is 11.3 Å². The maximum atomic E-state index is 12.3. The number of sulfonamides is 1. The fraction of sp³-hybridized carbons (Fsp3) is 0.176. The molecule has 130 valence electrons. The van der Waals surface area contributed by atoms with Gasteiger partial charge in [-0.25, -0.2) is 18.1 Å². The molecule has 0 atom stereocenters. The molecule has 1 N–H and O–H groups in total. The van der Waals surface area contributed by atoms with Crippen molar-refractivity contribution >= 4 is 21.4 Å². The maximum absolute atomic E-state index is 12.3. The fourth-order valence-electron chi connectivity index (χ4n) is 2.20. The number of benzene rings is 1. The molecule has 2 heterocycles. The number of pyridine rings is 1. The van der Waals surface area contributed by atoms with Crippen molar-refractivity contribution in [2.45, 2.75) is 11.3 Å². The predicted octanol–water partition coefficient (Wildman–Crippen LogP) is 2.73. The number of rotatable bonds is 7. The van der Waals surface area contributed by atoms with E-state index in [9.17, 15) is 8.42 Å². The molecule has 0 saturated heterocycles. The molecule has 0 saturated carbocycles. The van der Waals surface area contributed by atoms with Crippen LogP contribution < -0.4 is 9.46 Å². The van der Waals surface area contributed by atoms with Crippen molar-refractivity contribution in [1.82, 2.24) is 14.7 Å². The number of ether oxygens (including phenoxy) is 1. The Morgan fingerprint density at radius 2 is 2.00 bits per heavy atom. The molecule has 6 nitrogen and oxygen atoms in total. The van der Waals surface area contributed by atoms with E-state index in [1.165, 1.54) is 30.6 Å². The van der Waals surface area contributed by atoms with Crippen molar-refractivity contribution in [3.8, 4) is 17.0 Å². The van der Waals surface area contributed by atoms with E-state index in [1.807, 2.05) is 17.5 Å². The quantitative estimate of drug-likeness (QED) is 0.687. The van der Waals surface area contributed by atoms with Crippen molar-refractivity contribution in [1.29, 1.82) is 0 Å². The minimum Gasteiger partial charge on any atom is -0.497 e. The standard InChI is InChI=1S/C17H17N3O3S2/c1-23-14-4-6-15(7-5-14)25(21,22)19-10-8-17-20-16(12-24-17)13-3-2-9-18-11-13/h2-7,9,11-12,19H,8,10H2,1H3. The molecule has 0 aliphatic heterocycles. The first-order valence-corrected chi connectivity index (χ1v) is 9.93. The topological polar surface area (TPSA) is 81.2 Å². The molecular weight excluding hydrogens is 358 g/mol. The van der Waals surface area contributed by atoms with Gasteiger partial charge in [0.05, 0.1) is 22.7 Å². The molecule has 8 heteroatoms. The number of nitrogens with zero attached hydrogens (tertiary/aromatic N) is 2.